The van der Waals surface area contributed by atoms with Gasteiger partial charge in [0.2, 0.25) is 0 Å². The molecule has 3 aromatic heterocycles. The van der Waals surface area contributed by atoms with Crippen molar-refractivity contribution in [3.8, 4) is 22.4 Å². The number of fused-ring (bicyclic) bond motifs is 1. The first-order chi connectivity index (χ1) is 23.9. The van der Waals surface area contributed by atoms with Crippen molar-refractivity contribution in [2.45, 2.75) is 96.3 Å². The highest BCUT2D eigenvalue weighted by atomic mass is 28.3. The van der Waals surface area contributed by atoms with E-state index in [1.807, 2.05) is 42.0 Å². The summed E-state index contributed by atoms with van der Waals surface area (Å²) in [6.45, 7) is 18.8. The first-order valence-electron chi connectivity index (χ1n) is 18.4. The molecule has 0 spiro atoms. The van der Waals surface area contributed by atoms with Gasteiger partial charge in [0, 0.05) is 76.3 Å². The lowest BCUT2D eigenvalue weighted by atomic mass is 9.79. The van der Waals surface area contributed by atoms with Gasteiger partial charge in [0.15, 0.2) is 5.65 Å². The first-order valence-corrected chi connectivity index (χ1v) is 25.8. The van der Waals surface area contributed by atoms with Gasteiger partial charge in [-0.3, -0.25) is 9.78 Å². The second kappa shape index (κ2) is 17.2. The third-order valence-corrected chi connectivity index (χ3v) is 12.9. The molecule has 0 atom stereocenters. The van der Waals surface area contributed by atoms with E-state index in [1.54, 1.807) is 0 Å². The molecule has 0 N–H and O–H groups in total. The predicted octanol–water partition coefficient (Wildman–Crippen LogP) is 9.12. The monoisotopic (exact) mass is 715 g/mol. The molecule has 0 amide bonds. The van der Waals surface area contributed by atoms with E-state index in [2.05, 4.69) is 74.5 Å². The normalized spacial score (nSPS) is 16.9. The minimum Gasteiger partial charge on any atom is -0.466 e. The summed E-state index contributed by atoms with van der Waals surface area (Å²) >= 11 is 0. The van der Waals surface area contributed by atoms with Gasteiger partial charge in [-0.1, -0.05) is 75.7 Å². The molecule has 1 fully saturated rings. The molecule has 0 saturated heterocycles. The summed E-state index contributed by atoms with van der Waals surface area (Å²) in [6.07, 6.45) is 8.23. The van der Waals surface area contributed by atoms with Crippen molar-refractivity contribution in [1.29, 1.82) is 0 Å². The van der Waals surface area contributed by atoms with Gasteiger partial charge in [-0.15, -0.1) is 0 Å². The van der Waals surface area contributed by atoms with E-state index < -0.39 is 16.1 Å². The molecule has 1 aromatic carbocycles. The Morgan fingerprint density at radius 3 is 2.10 bits per heavy atom. The summed E-state index contributed by atoms with van der Waals surface area (Å²) in [5, 5.41) is 4.92. The van der Waals surface area contributed by atoms with Crippen LogP contribution in [0.2, 0.25) is 51.4 Å². The molecule has 1 aliphatic carbocycles. The van der Waals surface area contributed by atoms with Crippen molar-refractivity contribution in [3.63, 3.8) is 0 Å². The summed E-state index contributed by atoms with van der Waals surface area (Å²) in [5.41, 5.74) is 5.77. The lowest BCUT2D eigenvalue weighted by Crippen LogP contribution is -2.33. The fourth-order valence-corrected chi connectivity index (χ4v) is 7.84. The second-order valence-electron chi connectivity index (χ2n) is 16.1. The second-order valence-corrected chi connectivity index (χ2v) is 27.3. The highest BCUT2D eigenvalue weighted by Gasteiger charge is 2.28. The van der Waals surface area contributed by atoms with E-state index in [9.17, 15) is 4.79 Å². The zero-order chi connectivity index (χ0) is 35.7. The molecule has 9 nitrogen and oxygen atoms in total. The number of carbonyl (C=O) groups excluding carboxylic acids is 1. The number of aromatic nitrogens is 4. The molecule has 0 bridgehead atoms. The van der Waals surface area contributed by atoms with Gasteiger partial charge in [-0.05, 0) is 56.7 Å². The van der Waals surface area contributed by atoms with Crippen LogP contribution in [-0.2, 0) is 19.0 Å². The molecule has 50 heavy (non-hydrogen) atoms. The summed E-state index contributed by atoms with van der Waals surface area (Å²) in [6, 6.07) is 18.8. The van der Waals surface area contributed by atoms with E-state index in [1.165, 1.54) is 0 Å². The number of hydrogen-bond acceptors (Lipinski definition) is 8. The summed E-state index contributed by atoms with van der Waals surface area (Å²) in [4.78, 5) is 24.5. The van der Waals surface area contributed by atoms with Crippen LogP contribution in [0.3, 0.4) is 0 Å². The third-order valence-electron chi connectivity index (χ3n) is 9.45. The molecule has 0 radical (unpaired) electrons. The Labute approximate surface area is 300 Å². The van der Waals surface area contributed by atoms with Gasteiger partial charge in [-0.2, -0.15) is 9.61 Å². The van der Waals surface area contributed by atoms with Gasteiger partial charge in [0.1, 0.15) is 19.3 Å². The predicted molar refractivity (Wildman–Crippen MR) is 208 cm³/mol. The number of carbonyl (C=O) groups is 1. The number of hydrogen-bond donors (Lipinski definition) is 0. The zero-order valence-electron chi connectivity index (χ0n) is 31.3. The Kier molecular flexibility index (Phi) is 13.0. The minimum atomic E-state index is -1.25. The topological polar surface area (TPSA) is 91.1 Å². The number of pyridine rings is 1. The summed E-state index contributed by atoms with van der Waals surface area (Å²) in [7, 11) is -2.50. The van der Waals surface area contributed by atoms with Crippen LogP contribution in [-0.4, -0.2) is 75.0 Å². The van der Waals surface area contributed by atoms with Crippen LogP contribution >= 0.6 is 0 Å². The van der Waals surface area contributed by atoms with Crippen molar-refractivity contribution in [2.24, 2.45) is 5.92 Å². The summed E-state index contributed by atoms with van der Waals surface area (Å²) < 4.78 is 19.9. The number of ether oxygens (including phenoxy) is 3. The fraction of sp³-hybridized carbons (Fsp3) is 0.538. The summed E-state index contributed by atoms with van der Waals surface area (Å²) in [5.74, 6) is 1.46. The van der Waals surface area contributed by atoms with Gasteiger partial charge in [-0.25, -0.2) is 4.98 Å². The highest BCUT2D eigenvalue weighted by molar-refractivity contribution is 6.76. The lowest BCUT2D eigenvalue weighted by Gasteiger charge is -2.30. The Balaban J connectivity index is 1.48. The van der Waals surface area contributed by atoms with Crippen LogP contribution in [0.15, 0.2) is 60.9 Å². The minimum absolute atomic E-state index is 0.0903. The van der Waals surface area contributed by atoms with Crippen molar-refractivity contribution in [2.75, 3.05) is 38.2 Å². The Morgan fingerprint density at radius 2 is 1.52 bits per heavy atom. The largest absolute Gasteiger partial charge is 0.466 e. The van der Waals surface area contributed by atoms with Crippen LogP contribution in [0, 0.1) is 5.92 Å². The van der Waals surface area contributed by atoms with Crippen molar-refractivity contribution < 1.29 is 19.0 Å². The van der Waals surface area contributed by atoms with Crippen molar-refractivity contribution in [1.82, 2.24) is 19.6 Å². The van der Waals surface area contributed by atoms with Gasteiger partial charge in [0.25, 0.3) is 0 Å². The Bertz CT molecular complexity index is 1640. The maximum Gasteiger partial charge on any atom is 0.306 e. The van der Waals surface area contributed by atoms with Gasteiger partial charge in [0.05, 0.1) is 18.5 Å². The van der Waals surface area contributed by atoms with E-state index in [-0.39, 0.29) is 11.9 Å². The maximum absolute atomic E-state index is 12.2. The molecular weight excluding hydrogens is 659 g/mol. The zero-order valence-corrected chi connectivity index (χ0v) is 33.3. The molecule has 1 saturated carbocycles. The van der Waals surface area contributed by atoms with Crippen molar-refractivity contribution in [3.05, 3.63) is 66.6 Å². The standard InChI is InChI=1S/C39H57N5O4Si2/c1-8-48-38(45)24-30-14-16-32(17-15-30)36-25-37(43(28-46-20-22-49(2,3)4)29-47-21-23-50(5,6)7)44-39(42-36)34(27-41-44)33-18-19-35(40-26-33)31-12-10-9-11-13-31/h9-13,18-19,25-27,30,32H,8,14-17,20-24,28-29H2,1-7H3. The molecule has 0 aliphatic heterocycles. The number of rotatable bonds is 17. The molecule has 270 valence electrons. The van der Waals surface area contributed by atoms with E-state index in [0.717, 1.165) is 90.5 Å². The molecule has 3 heterocycles. The SMILES string of the molecule is CCOC(=O)CC1CCC(c2cc(N(COCC[Si](C)(C)C)COCC[Si](C)(C)C)n3ncc(-c4ccc(-c5ccccc5)nc4)c3n2)CC1. The molecule has 4 aromatic rings. The average Bonchev–Trinajstić information content (AvgIpc) is 3.51. The van der Waals surface area contributed by atoms with E-state index in [0.29, 0.717) is 32.4 Å². The molecule has 1 aliphatic rings. The van der Waals surface area contributed by atoms with Crippen molar-refractivity contribution >= 4 is 33.6 Å². The Morgan fingerprint density at radius 1 is 0.860 bits per heavy atom. The lowest BCUT2D eigenvalue weighted by molar-refractivity contribution is -0.144. The van der Waals surface area contributed by atoms with Crippen LogP contribution in [0.25, 0.3) is 28.0 Å². The van der Waals surface area contributed by atoms with Crippen LogP contribution in [0.5, 0.6) is 0 Å². The smallest absolute Gasteiger partial charge is 0.306 e. The quantitative estimate of drug-likeness (QED) is 0.0463. The number of anilines is 1. The molecule has 11 heteroatoms. The van der Waals surface area contributed by atoms with Crippen LogP contribution < -0.4 is 4.90 Å². The number of nitrogens with zero attached hydrogens (tertiary/aromatic N) is 5. The fourth-order valence-electron chi connectivity index (χ4n) is 6.33. The molecular formula is C39H57N5O4Si2. The Hall–Kier alpha value is -3.39. The number of esters is 1. The van der Waals surface area contributed by atoms with E-state index in [4.69, 9.17) is 29.3 Å². The van der Waals surface area contributed by atoms with Gasteiger partial charge >= 0.3 is 5.97 Å². The highest BCUT2D eigenvalue weighted by Crippen LogP contribution is 2.39. The van der Waals surface area contributed by atoms with E-state index >= 15 is 0 Å². The molecule has 0 unspecified atom stereocenters. The van der Waals surface area contributed by atoms with Crippen LogP contribution in [0.4, 0.5) is 5.82 Å². The van der Waals surface area contributed by atoms with Gasteiger partial charge < -0.3 is 19.1 Å². The maximum atomic E-state index is 12.2. The average molecular weight is 716 g/mol. The first kappa shape index (κ1) is 37.9. The van der Waals surface area contributed by atoms with Crippen LogP contribution in [0.1, 0.15) is 50.6 Å². The number of benzene rings is 1. The molecule has 5 rings (SSSR count). The third kappa shape index (κ3) is 10.8.